The van der Waals surface area contributed by atoms with Gasteiger partial charge in [-0.15, -0.1) is 0 Å². The number of carbonyl (C=O) groups excluding carboxylic acids is 1. The van der Waals surface area contributed by atoms with E-state index in [1.165, 1.54) is 0 Å². The number of nitrogens with two attached hydrogens (primary N) is 1. The van der Waals surface area contributed by atoms with Gasteiger partial charge in [0.15, 0.2) is 0 Å². The molecule has 3 nitrogen and oxygen atoms in total. The van der Waals surface area contributed by atoms with Crippen LogP contribution in [0, 0.1) is 17.8 Å². The molecule has 0 bridgehead atoms. The summed E-state index contributed by atoms with van der Waals surface area (Å²) in [6.07, 6.45) is 1.99. The van der Waals surface area contributed by atoms with E-state index in [-0.39, 0.29) is 11.8 Å². The summed E-state index contributed by atoms with van der Waals surface area (Å²) < 4.78 is 0. The number of likely N-dealkylation sites (tertiary alicyclic amines) is 1. The van der Waals surface area contributed by atoms with Gasteiger partial charge in [-0.2, -0.15) is 0 Å². The van der Waals surface area contributed by atoms with E-state index in [1.807, 2.05) is 11.8 Å². The van der Waals surface area contributed by atoms with Gasteiger partial charge < -0.3 is 10.6 Å². The average Bonchev–Trinajstić information content (AvgIpc) is 2.23. The van der Waals surface area contributed by atoms with Crippen molar-refractivity contribution in [3.63, 3.8) is 0 Å². The monoisotopic (exact) mass is 212 g/mol. The minimum absolute atomic E-state index is 0.0330. The Bertz CT molecular complexity index is 214. The second-order valence-corrected chi connectivity index (χ2v) is 4.87. The Labute approximate surface area is 93.0 Å². The molecule has 1 fully saturated rings. The summed E-state index contributed by atoms with van der Waals surface area (Å²) in [5, 5.41) is 0. The molecule has 1 aliphatic rings. The third-order valence-corrected chi connectivity index (χ3v) is 3.77. The van der Waals surface area contributed by atoms with Gasteiger partial charge >= 0.3 is 0 Å². The first kappa shape index (κ1) is 12.5. The molecule has 88 valence electrons. The van der Waals surface area contributed by atoms with Crippen LogP contribution in [-0.4, -0.2) is 30.4 Å². The van der Waals surface area contributed by atoms with Crippen LogP contribution in [0.15, 0.2) is 0 Å². The summed E-state index contributed by atoms with van der Waals surface area (Å²) in [6, 6.07) is 0. The number of amides is 1. The van der Waals surface area contributed by atoms with Gasteiger partial charge in [-0.05, 0) is 24.7 Å². The van der Waals surface area contributed by atoms with E-state index < -0.39 is 0 Å². The Hall–Kier alpha value is -0.570. The Morgan fingerprint density at radius 1 is 1.47 bits per heavy atom. The van der Waals surface area contributed by atoms with Gasteiger partial charge in [0, 0.05) is 19.6 Å². The SMILES string of the molecule is CCC(CN)C(=O)N1CCC(C)C(C)C1. The highest BCUT2D eigenvalue weighted by Crippen LogP contribution is 2.23. The third kappa shape index (κ3) is 2.94. The lowest BCUT2D eigenvalue weighted by atomic mass is 9.88. The van der Waals surface area contributed by atoms with Crippen molar-refractivity contribution in [3.8, 4) is 0 Å². The van der Waals surface area contributed by atoms with Gasteiger partial charge in [-0.25, -0.2) is 0 Å². The van der Waals surface area contributed by atoms with E-state index in [4.69, 9.17) is 5.73 Å². The predicted octanol–water partition coefficient (Wildman–Crippen LogP) is 1.48. The topological polar surface area (TPSA) is 46.3 Å². The molecule has 0 radical (unpaired) electrons. The molecule has 15 heavy (non-hydrogen) atoms. The van der Waals surface area contributed by atoms with E-state index in [1.54, 1.807) is 0 Å². The largest absolute Gasteiger partial charge is 0.342 e. The summed E-state index contributed by atoms with van der Waals surface area (Å²) >= 11 is 0. The van der Waals surface area contributed by atoms with Crippen LogP contribution in [0.2, 0.25) is 0 Å². The second-order valence-electron chi connectivity index (χ2n) is 4.87. The van der Waals surface area contributed by atoms with Crippen molar-refractivity contribution < 1.29 is 4.79 Å². The summed E-state index contributed by atoms with van der Waals surface area (Å²) in [4.78, 5) is 14.1. The number of nitrogens with zero attached hydrogens (tertiary/aromatic N) is 1. The van der Waals surface area contributed by atoms with Gasteiger partial charge in [0.05, 0.1) is 5.92 Å². The fourth-order valence-corrected chi connectivity index (χ4v) is 2.16. The molecular weight excluding hydrogens is 188 g/mol. The molecule has 1 saturated heterocycles. The number of piperidine rings is 1. The molecule has 0 aromatic heterocycles. The standard InChI is InChI=1S/C12H24N2O/c1-4-11(7-13)12(15)14-6-5-9(2)10(3)8-14/h9-11H,4-8,13H2,1-3H3. The Morgan fingerprint density at radius 2 is 2.13 bits per heavy atom. The molecule has 1 amide bonds. The number of rotatable bonds is 3. The van der Waals surface area contributed by atoms with Crippen molar-refractivity contribution in [1.82, 2.24) is 4.90 Å². The van der Waals surface area contributed by atoms with Crippen molar-refractivity contribution in [1.29, 1.82) is 0 Å². The smallest absolute Gasteiger partial charge is 0.226 e. The van der Waals surface area contributed by atoms with Crippen LogP contribution < -0.4 is 5.73 Å². The summed E-state index contributed by atoms with van der Waals surface area (Å²) in [6.45, 7) is 8.85. The molecule has 0 aromatic carbocycles. The van der Waals surface area contributed by atoms with Gasteiger partial charge in [0.2, 0.25) is 5.91 Å². The second kappa shape index (κ2) is 5.50. The highest BCUT2D eigenvalue weighted by molar-refractivity contribution is 5.79. The maximum absolute atomic E-state index is 12.1. The molecule has 3 unspecified atom stereocenters. The fraction of sp³-hybridized carbons (Fsp3) is 0.917. The molecule has 0 aromatic rings. The molecule has 1 aliphatic heterocycles. The number of carbonyl (C=O) groups is 1. The maximum Gasteiger partial charge on any atom is 0.226 e. The Balaban J connectivity index is 2.53. The predicted molar refractivity (Wildman–Crippen MR) is 62.4 cm³/mol. The Morgan fingerprint density at radius 3 is 2.60 bits per heavy atom. The zero-order chi connectivity index (χ0) is 11.4. The number of hydrogen-bond acceptors (Lipinski definition) is 2. The van der Waals surface area contributed by atoms with Crippen LogP contribution in [-0.2, 0) is 4.79 Å². The average molecular weight is 212 g/mol. The molecular formula is C12H24N2O. The van der Waals surface area contributed by atoms with Crippen LogP contribution in [0.5, 0.6) is 0 Å². The Kier molecular flexibility index (Phi) is 4.58. The lowest BCUT2D eigenvalue weighted by Gasteiger charge is -2.36. The minimum Gasteiger partial charge on any atom is -0.342 e. The molecule has 0 aliphatic carbocycles. The molecule has 2 N–H and O–H groups in total. The first-order valence-corrected chi connectivity index (χ1v) is 6.09. The summed E-state index contributed by atoms with van der Waals surface area (Å²) in [7, 11) is 0. The van der Waals surface area contributed by atoms with Crippen molar-refractivity contribution in [2.45, 2.75) is 33.6 Å². The quantitative estimate of drug-likeness (QED) is 0.770. The zero-order valence-electron chi connectivity index (χ0n) is 10.2. The first-order chi connectivity index (χ1) is 7.10. The van der Waals surface area contributed by atoms with Crippen molar-refractivity contribution in [3.05, 3.63) is 0 Å². The maximum atomic E-state index is 12.1. The van der Waals surface area contributed by atoms with E-state index >= 15 is 0 Å². The summed E-state index contributed by atoms with van der Waals surface area (Å²) in [5.41, 5.74) is 5.61. The van der Waals surface area contributed by atoms with Gasteiger partial charge in [-0.3, -0.25) is 4.79 Å². The minimum atomic E-state index is 0.0330. The molecule has 1 rings (SSSR count). The van der Waals surface area contributed by atoms with Crippen LogP contribution in [0.3, 0.4) is 0 Å². The van der Waals surface area contributed by atoms with E-state index in [2.05, 4.69) is 13.8 Å². The highest BCUT2D eigenvalue weighted by Gasteiger charge is 2.28. The molecule has 0 saturated carbocycles. The van der Waals surface area contributed by atoms with Crippen molar-refractivity contribution in [2.24, 2.45) is 23.5 Å². The highest BCUT2D eigenvalue weighted by atomic mass is 16.2. The summed E-state index contributed by atoms with van der Waals surface area (Å²) in [5.74, 6) is 1.66. The van der Waals surface area contributed by atoms with Crippen LogP contribution in [0.1, 0.15) is 33.6 Å². The van der Waals surface area contributed by atoms with Crippen LogP contribution in [0.25, 0.3) is 0 Å². The fourth-order valence-electron chi connectivity index (χ4n) is 2.16. The van der Waals surface area contributed by atoms with Gasteiger partial charge in [0.1, 0.15) is 0 Å². The lowest BCUT2D eigenvalue weighted by Crippen LogP contribution is -2.46. The first-order valence-electron chi connectivity index (χ1n) is 6.09. The van der Waals surface area contributed by atoms with E-state index in [9.17, 15) is 4.79 Å². The third-order valence-electron chi connectivity index (χ3n) is 3.77. The molecule has 0 spiro atoms. The van der Waals surface area contributed by atoms with Gasteiger partial charge in [0.25, 0.3) is 0 Å². The van der Waals surface area contributed by atoms with Crippen LogP contribution >= 0.6 is 0 Å². The molecule has 3 heteroatoms. The lowest BCUT2D eigenvalue weighted by molar-refractivity contribution is -0.137. The van der Waals surface area contributed by atoms with E-state index in [0.29, 0.717) is 12.5 Å². The van der Waals surface area contributed by atoms with Gasteiger partial charge in [-0.1, -0.05) is 20.8 Å². The van der Waals surface area contributed by atoms with E-state index in [0.717, 1.165) is 31.8 Å². The zero-order valence-corrected chi connectivity index (χ0v) is 10.2. The van der Waals surface area contributed by atoms with Crippen molar-refractivity contribution in [2.75, 3.05) is 19.6 Å². The van der Waals surface area contributed by atoms with Crippen molar-refractivity contribution >= 4 is 5.91 Å². The normalized spacial score (nSPS) is 28.9. The molecule has 3 atom stereocenters. The molecule has 1 heterocycles. The number of hydrogen-bond donors (Lipinski definition) is 1. The van der Waals surface area contributed by atoms with Crippen LogP contribution in [0.4, 0.5) is 0 Å².